The van der Waals surface area contributed by atoms with Crippen LogP contribution >= 0.6 is 0 Å². The molecule has 148 valence electrons. The Bertz CT molecular complexity index is 1030. The highest BCUT2D eigenvalue weighted by atomic mass is 32.2. The zero-order chi connectivity index (χ0) is 20.5. The maximum absolute atomic E-state index is 12.6. The fraction of sp³-hybridized carbons (Fsp3) is 0.318. The van der Waals surface area contributed by atoms with Gasteiger partial charge in [-0.15, -0.1) is 0 Å². The molecule has 0 aliphatic rings. The fourth-order valence-corrected chi connectivity index (χ4v) is 3.85. The third-order valence-electron chi connectivity index (χ3n) is 4.62. The van der Waals surface area contributed by atoms with Crippen LogP contribution in [-0.4, -0.2) is 27.0 Å². The zero-order valence-corrected chi connectivity index (χ0v) is 17.6. The molecule has 0 radical (unpaired) electrons. The van der Waals surface area contributed by atoms with Gasteiger partial charge in [0.2, 0.25) is 0 Å². The Balaban J connectivity index is 2.06. The normalized spacial score (nSPS) is 14.0. The molecule has 2 unspecified atom stereocenters. The summed E-state index contributed by atoms with van der Waals surface area (Å²) in [4.78, 5) is 14.9. The van der Waals surface area contributed by atoms with Gasteiger partial charge in [-0.25, -0.2) is 13.7 Å². The molecular weight excluding hydrogens is 372 g/mol. The Morgan fingerprint density at radius 1 is 1.18 bits per heavy atom. The number of hydrogen-bond acceptors (Lipinski definition) is 3. The van der Waals surface area contributed by atoms with Crippen molar-refractivity contribution in [1.82, 2.24) is 9.71 Å². The highest BCUT2D eigenvalue weighted by Crippen LogP contribution is 2.31. The highest BCUT2D eigenvalue weighted by Gasteiger charge is 2.23. The monoisotopic (exact) mass is 398 g/mol. The minimum atomic E-state index is -1.18. The lowest BCUT2D eigenvalue weighted by molar-refractivity contribution is 0.0601. The van der Waals surface area contributed by atoms with Gasteiger partial charge in [-0.05, 0) is 67.8 Å². The molecule has 0 spiro atoms. The van der Waals surface area contributed by atoms with E-state index in [1.54, 1.807) is 12.3 Å². The van der Waals surface area contributed by atoms with Crippen LogP contribution in [0.2, 0.25) is 0 Å². The second kappa shape index (κ2) is 7.89. The van der Waals surface area contributed by atoms with E-state index in [2.05, 4.69) is 34.0 Å². The van der Waals surface area contributed by atoms with Crippen molar-refractivity contribution in [3.05, 3.63) is 59.8 Å². The molecule has 0 amide bonds. The third kappa shape index (κ3) is 4.18. The molecule has 2 N–H and O–H groups in total. The van der Waals surface area contributed by atoms with Gasteiger partial charge in [0.1, 0.15) is 0 Å². The van der Waals surface area contributed by atoms with Crippen LogP contribution in [0.4, 0.5) is 0 Å². The number of fused-ring (bicyclic) bond motifs is 1. The van der Waals surface area contributed by atoms with Gasteiger partial charge in [-0.1, -0.05) is 24.3 Å². The van der Waals surface area contributed by atoms with Gasteiger partial charge in [0, 0.05) is 17.9 Å². The van der Waals surface area contributed by atoms with Gasteiger partial charge >= 0.3 is 5.97 Å². The van der Waals surface area contributed by atoms with Gasteiger partial charge < -0.3 is 9.72 Å². The highest BCUT2D eigenvalue weighted by molar-refractivity contribution is 7.84. The predicted octanol–water partition coefficient (Wildman–Crippen LogP) is 4.73. The van der Waals surface area contributed by atoms with Crippen LogP contribution in [0.25, 0.3) is 22.0 Å². The molecule has 5 nitrogen and oxygen atoms in total. The van der Waals surface area contributed by atoms with E-state index in [1.165, 1.54) is 7.11 Å². The Kier molecular flexibility index (Phi) is 5.72. The number of benzene rings is 2. The van der Waals surface area contributed by atoms with Crippen molar-refractivity contribution < 1.29 is 13.7 Å². The van der Waals surface area contributed by atoms with Crippen LogP contribution in [0.15, 0.2) is 48.7 Å². The molecule has 1 heterocycles. The molecule has 0 saturated heterocycles. The van der Waals surface area contributed by atoms with Crippen molar-refractivity contribution in [2.45, 2.75) is 38.5 Å². The molecule has 0 aliphatic heterocycles. The van der Waals surface area contributed by atoms with E-state index < -0.39 is 11.0 Å². The maximum Gasteiger partial charge on any atom is 0.339 e. The first-order valence-corrected chi connectivity index (χ1v) is 10.3. The molecule has 0 fully saturated rings. The lowest BCUT2D eigenvalue weighted by atomic mass is 9.96. The molecule has 0 saturated carbocycles. The lowest BCUT2D eigenvalue weighted by Crippen LogP contribution is -2.34. The van der Waals surface area contributed by atoms with E-state index in [0.717, 1.165) is 27.6 Å². The number of rotatable bonds is 5. The summed E-state index contributed by atoms with van der Waals surface area (Å²) < 4.78 is 20.3. The first kappa shape index (κ1) is 20.3. The minimum Gasteiger partial charge on any atom is -0.465 e. The average molecular weight is 399 g/mol. The van der Waals surface area contributed by atoms with Crippen molar-refractivity contribution in [3.63, 3.8) is 0 Å². The second-order valence-corrected chi connectivity index (χ2v) is 9.80. The van der Waals surface area contributed by atoms with E-state index in [4.69, 9.17) is 4.74 Å². The number of hydrogen-bond donors (Lipinski definition) is 2. The van der Waals surface area contributed by atoms with E-state index >= 15 is 0 Å². The van der Waals surface area contributed by atoms with Crippen molar-refractivity contribution in [2.75, 3.05) is 7.11 Å². The van der Waals surface area contributed by atoms with Crippen molar-refractivity contribution in [3.8, 4) is 11.3 Å². The van der Waals surface area contributed by atoms with Crippen molar-refractivity contribution in [1.29, 1.82) is 0 Å². The van der Waals surface area contributed by atoms with Crippen LogP contribution in [0.1, 0.15) is 49.7 Å². The summed E-state index contributed by atoms with van der Waals surface area (Å²) in [7, 11) is 0.183. The number of carbonyl (C=O) groups is 1. The standard InChI is InChI=1S/C22H26N2O3S/c1-14(24-28(26)22(2,3)4)19-11-16(10-15-8-6-7-9-18(15)19)20-12-17(13-23-20)21(25)27-5/h6-14,23-24H,1-5H3. The number of H-pyrrole nitrogens is 1. The first-order valence-electron chi connectivity index (χ1n) is 9.18. The molecule has 0 aliphatic carbocycles. The minimum absolute atomic E-state index is 0.111. The van der Waals surface area contributed by atoms with Gasteiger partial charge in [0.15, 0.2) is 0 Å². The topological polar surface area (TPSA) is 71.2 Å². The Hall–Kier alpha value is -2.44. The van der Waals surface area contributed by atoms with E-state index in [9.17, 15) is 9.00 Å². The summed E-state index contributed by atoms with van der Waals surface area (Å²) in [5.74, 6) is -0.376. The molecule has 2 aromatic carbocycles. The summed E-state index contributed by atoms with van der Waals surface area (Å²) in [6, 6.07) is 14.0. The van der Waals surface area contributed by atoms with Crippen LogP contribution < -0.4 is 4.72 Å². The molecule has 0 bridgehead atoms. The molecule has 6 heteroatoms. The van der Waals surface area contributed by atoms with E-state index in [1.807, 2.05) is 39.8 Å². The summed E-state index contributed by atoms with van der Waals surface area (Å²) in [5, 5.41) is 2.19. The molecule has 28 heavy (non-hydrogen) atoms. The van der Waals surface area contributed by atoms with Crippen LogP contribution in [0, 0.1) is 0 Å². The number of ether oxygens (including phenoxy) is 1. The third-order valence-corrected chi connectivity index (χ3v) is 6.30. The lowest BCUT2D eigenvalue weighted by Gasteiger charge is -2.23. The quantitative estimate of drug-likeness (QED) is 0.610. The Morgan fingerprint density at radius 2 is 1.89 bits per heavy atom. The Labute approximate surface area is 168 Å². The second-order valence-electron chi connectivity index (χ2n) is 7.80. The van der Waals surface area contributed by atoms with Gasteiger partial charge in [-0.2, -0.15) is 0 Å². The molecule has 1 aromatic heterocycles. The molecule has 3 aromatic rings. The largest absolute Gasteiger partial charge is 0.465 e. The number of carbonyl (C=O) groups excluding carboxylic acids is 1. The van der Waals surface area contributed by atoms with Crippen LogP contribution in [-0.2, 0) is 15.7 Å². The van der Waals surface area contributed by atoms with E-state index in [-0.39, 0.29) is 16.8 Å². The smallest absolute Gasteiger partial charge is 0.339 e. The molecule has 3 rings (SSSR count). The summed E-state index contributed by atoms with van der Waals surface area (Å²) >= 11 is 0. The predicted molar refractivity (Wildman–Crippen MR) is 115 cm³/mol. The van der Waals surface area contributed by atoms with Crippen molar-refractivity contribution in [2.24, 2.45) is 0 Å². The van der Waals surface area contributed by atoms with Gasteiger partial charge in [0.05, 0.1) is 28.4 Å². The molecule has 2 atom stereocenters. The fourth-order valence-electron chi connectivity index (χ4n) is 3.05. The van der Waals surface area contributed by atoms with E-state index in [0.29, 0.717) is 5.56 Å². The summed E-state index contributed by atoms with van der Waals surface area (Å²) in [5.41, 5.74) is 3.32. The van der Waals surface area contributed by atoms with Crippen molar-refractivity contribution >= 4 is 27.7 Å². The number of methoxy groups -OCH3 is 1. The van der Waals surface area contributed by atoms with Crippen LogP contribution in [0.5, 0.6) is 0 Å². The maximum atomic E-state index is 12.6. The summed E-state index contributed by atoms with van der Waals surface area (Å²) in [6.45, 7) is 7.86. The average Bonchev–Trinajstić information content (AvgIpc) is 3.15. The number of aromatic amines is 1. The molecular formula is C22H26N2O3S. The summed E-state index contributed by atoms with van der Waals surface area (Å²) in [6.07, 6.45) is 1.65. The van der Waals surface area contributed by atoms with Gasteiger partial charge in [0.25, 0.3) is 0 Å². The number of nitrogens with one attached hydrogen (secondary N) is 2. The first-order chi connectivity index (χ1) is 13.2. The number of esters is 1. The SMILES string of the molecule is COC(=O)c1c[nH]c(-c2cc(C(C)NS(=O)C(C)(C)C)c3ccccc3c2)c1. The number of aromatic nitrogens is 1. The zero-order valence-electron chi connectivity index (χ0n) is 16.8. The van der Waals surface area contributed by atoms with Crippen LogP contribution in [0.3, 0.4) is 0 Å². The Morgan fingerprint density at radius 3 is 2.57 bits per heavy atom. The van der Waals surface area contributed by atoms with Gasteiger partial charge in [-0.3, -0.25) is 0 Å².